The van der Waals surface area contributed by atoms with Crippen molar-refractivity contribution < 1.29 is 9.53 Å². The third-order valence-electron chi connectivity index (χ3n) is 1.57. The SMILES string of the molecule is O=C(CCCBr)Oc1ccccc1Cl. The number of esters is 1. The van der Waals surface area contributed by atoms with Crippen LogP contribution in [0.1, 0.15) is 12.8 Å². The summed E-state index contributed by atoms with van der Waals surface area (Å²) in [6.07, 6.45) is 1.17. The fraction of sp³-hybridized carbons (Fsp3) is 0.300. The van der Waals surface area contributed by atoms with Gasteiger partial charge in [0, 0.05) is 11.8 Å². The zero-order chi connectivity index (χ0) is 10.4. The smallest absolute Gasteiger partial charge is 0.311 e. The molecule has 0 heterocycles. The number of carbonyl (C=O) groups is 1. The van der Waals surface area contributed by atoms with E-state index in [-0.39, 0.29) is 5.97 Å². The number of benzene rings is 1. The summed E-state index contributed by atoms with van der Waals surface area (Å²) in [5, 5.41) is 1.25. The number of para-hydroxylation sites is 1. The van der Waals surface area contributed by atoms with E-state index in [2.05, 4.69) is 15.9 Å². The highest BCUT2D eigenvalue weighted by atomic mass is 79.9. The van der Waals surface area contributed by atoms with Gasteiger partial charge in [0.15, 0.2) is 0 Å². The Balaban J connectivity index is 2.52. The van der Waals surface area contributed by atoms with Gasteiger partial charge < -0.3 is 4.74 Å². The molecule has 2 nitrogen and oxygen atoms in total. The first-order valence-electron chi connectivity index (χ1n) is 4.25. The second kappa shape index (κ2) is 6.04. The zero-order valence-corrected chi connectivity index (χ0v) is 9.85. The Morgan fingerprint density at radius 1 is 1.43 bits per heavy atom. The minimum atomic E-state index is -0.252. The maximum Gasteiger partial charge on any atom is 0.311 e. The molecule has 1 aromatic rings. The van der Waals surface area contributed by atoms with Crippen LogP contribution in [0.5, 0.6) is 5.75 Å². The second-order valence-corrected chi connectivity index (χ2v) is 3.90. The Morgan fingerprint density at radius 3 is 2.79 bits per heavy atom. The van der Waals surface area contributed by atoms with E-state index in [0.29, 0.717) is 17.2 Å². The van der Waals surface area contributed by atoms with Gasteiger partial charge in [-0.3, -0.25) is 4.79 Å². The zero-order valence-electron chi connectivity index (χ0n) is 7.50. The quantitative estimate of drug-likeness (QED) is 0.479. The Morgan fingerprint density at radius 2 is 2.14 bits per heavy atom. The highest BCUT2D eigenvalue weighted by molar-refractivity contribution is 9.09. The second-order valence-electron chi connectivity index (χ2n) is 2.70. The lowest BCUT2D eigenvalue weighted by Gasteiger charge is -2.04. The van der Waals surface area contributed by atoms with E-state index in [9.17, 15) is 4.79 Å². The standard InChI is InChI=1S/C10H10BrClO2/c11-7-3-6-10(13)14-9-5-2-1-4-8(9)12/h1-2,4-5H,3,6-7H2. The van der Waals surface area contributed by atoms with Crippen LogP contribution >= 0.6 is 27.5 Å². The first-order chi connectivity index (χ1) is 6.74. The van der Waals surface area contributed by atoms with E-state index < -0.39 is 0 Å². The molecule has 0 aliphatic heterocycles. The number of hydrogen-bond acceptors (Lipinski definition) is 2. The van der Waals surface area contributed by atoms with Crippen LogP contribution in [0, 0.1) is 0 Å². The molecule has 0 aliphatic carbocycles. The molecule has 0 amide bonds. The summed E-state index contributed by atoms with van der Waals surface area (Å²) in [5.41, 5.74) is 0. The molecule has 0 fully saturated rings. The highest BCUT2D eigenvalue weighted by Crippen LogP contribution is 2.23. The van der Waals surface area contributed by atoms with Crippen molar-refractivity contribution in [3.63, 3.8) is 0 Å². The van der Waals surface area contributed by atoms with Gasteiger partial charge in [-0.05, 0) is 18.6 Å². The maximum atomic E-state index is 11.2. The Bertz CT molecular complexity index is 315. The van der Waals surface area contributed by atoms with Gasteiger partial charge in [0.05, 0.1) is 5.02 Å². The molecule has 0 N–H and O–H groups in total. The minimum absolute atomic E-state index is 0.252. The molecule has 1 aromatic carbocycles. The van der Waals surface area contributed by atoms with Gasteiger partial charge in [-0.1, -0.05) is 39.7 Å². The first-order valence-corrected chi connectivity index (χ1v) is 5.75. The number of ether oxygens (including phenoxy) is 1. The van der Waals surface area contributed by atoms with Crippen LogP contribution in [-0.4, -0.2) is 11.3 Å². The molecule has 0 saturated heterocycles. The summed E-state index contributed by atoms with van der Waals surface area (Å²) in [6.45, 7) is 0. The van der Waals surface area contributed by atoms with Crippen LogP contribution in [0.4, 0.5) is 0 Å². The normalized spacial score (nSPS) is 9.86. The van der Waals surface area contributed by atoms with Crippen molar-refractivity contribution in [3.8, 4) is 5.75 Å². The summed E-state index contributed by atoms with van der Waals surface area (Å²) in [6, 6.07) is 6.93. The monoisotopic (exact) mass is 276 g/mol. The van der Waals surface area contributed by atoms with Crippen LogP contribution in [0.25, 0.3) is 0 Å². The molecular formula is C10H10BrClO2. The maximum absolute atomic E-state index is 11.2. The van der Waals surface area contributed by atoms with Crippen molar-refractivity contribution in [2.45, 2.75) is 12.8 Å². The van der Waals surface area contributed by atoms with E-state index in [4.69, 9.17) is 16.3 Å². The summed E-state index contributed by atoms with van der Waals surface area (Å²) in [5.74, 6) is 0.172. The molecule has 4 heteroatoms. The average molecular weight is 278 g/mol. The summed E-state index contributed by atoms with van der Waals surface area (Å²) >= 11 is 9.06. The molecular weight excluding hydrogens is 267 g/mol. The van der Waals surface area contributed by atoms with Crippen molar-refractivity contribution in [2.75, 3.05) is 5.33 Å². The van der Waals surface area contributed by atoms with E-state index in [1.54, 1.807) is 24.3 Å². The van der Waals surface area contributed by atoms with Crippen molar-refractivity contribution >= 4 is 33.5 Å². The van der Waals surface area contributed by atoms with Crippen LogP contribution in [-0.2, 0) is 4.79 Å². The molecule has 0 unspecified atom stereocenters. The molecule has 0 spiro atoms. The molecule has 0 radical (unpaired) electrons. The number of rotatable bonds is 4. The average Bonchev–Trinajstić information content (AvgIpc) is 2.18. The number of halogens is 2. The van der Waals surface area contributed by atoms with Crippen molar-refractivity contribution in [3.05, 3.63) is 29.3 Å². The number of alkyl halides is 1. The lowest BCUT2D eigenvalue weighted by atomic mass is 10.3. The third-order valence-corrected chi connectivity index (χ3v) is 2.45. The molecule has 0 aliphatic rings. The minimum Gasteiger partial charge on any atom is -0.425 e. The Kier molecular flexibility index (Phi) is 4.98. The van der Waals surface area contributed by atoms with Crippen LogP contribution < -0.4 is 4.74 Å². The van der Waals surface area contributed by atoms with Gasteiger partial charge in [0.25, 0.3) is 0 Å². The fourth-order valence-electron chi connectivity index (χ4n) is 0.912. The molecule has 1 rings (SSSR count). The summed E-state index contributed by atoms with van der Waals surface area (Å²) < 4.78 is 5.06. The molecule has 14 heavy (non-hydrogen) atoms. The predicted octanol–water partition coefficient (Wildman–Crippen LogP) is 3.42. The Hall–Kier alpha value is -0.540. The number of carbonyl (C=O) groups excluding carboxylic acids is 1. The summed E-state index contributed by atoms with van der Waals surface area (Å²) in [7, 11) is 0. The first kappa shape index (κ1) is 11.5. The van der Waals surface area contributed by atoms with Crippen LogP contribution in [0.3, 0.4) is 0 Å². The van der Waals surface area contributed by atoms with E-state index in [0.717, 1.165) is 11.8 Å². The largest absolute Gasteiger partial charge is 0.425 e. The molecule has 0 bridgehead atoms. The van der Waals surface area contributed by atoms with Crippen molar-refractivity contribution in [2.24, 2.45) is 0 Å². The molecule has 0 atom stereocenters. The van der Waals surface area contributed by atoms with Crippen molar-refractivity contribution in [1.82, 2.24) is 0 Å². The number of hydrogen-bond donors (Lipinski definition) is 0. The van der Waals surface area contributed by atoms with Gasteiger partial charge in [-0.25, -0.2) is 0 Å². The van der Waals surface area contributed by atoms with E-state index in [1.165, 1.54) is 0 Å². The molecule has 0 saturated carbocycles. The van der Waals surface area contributed by atoms with Gasteiger partial charge in [-0.2, -0.15) is 0 Å². The third kappa shape index (κ3) is 3.68. The lowest BCUT2D eigenvalue weighted by molar-refractivity contribution is -0.134. The van der Waals surface area contributed by atoms with Gasteiger partial charge in [-0.15, -0.1) is 0 Å². The van der Waals surface area contributed by atoms with Gasteiger partial charge >= 0.3 is 5.97 Å². The fourth-order valence-corrected chi connectivity index (χ4v) is 1.37. The summed E-state index contributed by atoms with van der Waals surface area (Å²) in [4.78, 5) is 11.2. The topological polar surface area (TPSA) is 26.3 Å². The van der Waals surface area contributed by atoms with Gasteiger partial charge in [0.1, 0.15) is 5.75 Å². The Labute approximate surface area is 96.3 Å². The van der Waals surface area contributed by atoms with Crippen molar-refractivity contribution in [1.29, 1.82) is 0 Å². The van der Waals surface area contributed by atoms with E-state index >= 15 is 0 Å². The molecule has 76 valence electrons. The predicted molar refractivity (Wildman–Crippen MR) is 60.1 cm³/mol. The highest BCUT2D eigenvalue weighted by Gasteiger charge is 2.06. The van der Waals surface area contributed by atoms with Crippen LogP contribution in [0.15, 0.2) is 24.3 Å². The van der Waals surface area contributed by atoms with Gasteiger partial charge in [0.2, 0.25) is 0 Å². The lowest BCUT2D eigenvalue weighted by Crippen LogP contribution is -2.07. The molecule has 0 aromatic heterocycles. The van der Waals surface area contributed by atoms with E-state index in [1.807, 2.05) is 0 Å². The van der Waals surface area contributed by atoms with Crippen LogP contribution in [0.2, 0.25) is 5.02 Å².